The fourth-order valence-corrected chi connectivity index (χ4v) is 2.23. The lowest BCUT2D eigenvalue weighted by Gasteiger charge is -2.25. The van der Waals surface area contributed by atoms with Crippen LogP contribution in [-0.4, -0.2) is 11.7 Å². The van der Waals surface area contributed by atoms with Crippen LogP contribution in [0.1, 0.15) is 91.4 Å². The van der Waals surface area contributed by atoms with Crippen LogP contribution in [0, 0.1) is 5.41 Å². The Hall–Kier alpha value is -0.0400. The number of aliphatic hydroxyl groups is 1. The van der Waals surface area contributed by atoms with Crippen LogP contribution in [0.15, 0.2) is 0 Å². The molecule has 0 aliphatic heterocycles. The number of rotatable bonds is 12. The van der Waals surface area contributed by atoms with Crippen molar-refractivity contribution in [2.24, 2.45) is 5.41 Å². The van der Waals surface area contributed by atoms with Crippen molar-refractivity contribution in [3.05, 3.63) is 0 Å². The molecule has 104 valence electrons. The molecule has 0 saturated heterocycles. The summed E-state index contributed by atoms with van der Waals surface area (Å²) in [5.41, 5.74) is 0.182. The highest BCUT2D eigenvalue weighted by atomic mass is 16.3. The van der Waals surface area contributed by atoms with Gasteiger partial charge < -0.3 is 5.11 Å². The summed E-state index contributed by atoms with van der Waals surface area (Å²) in [6, 6.07) is 0. The van der Waals surface area contributed by atoms with Gasteiger partial charge in [0.2, 0.25) is 0 Å². The summed E-state index contributed by atoms with van der Waals surface area (Å²) in [6.45, 7) is 7.01. The molecule has 1 atom stereocenters. The number of hydrogen-bond donors (Lipinski definition) is 1. The van der Waals surface area contributed by atoms with Crippen molar-refractivity contribution in [2.45, 2.75) is 91.4 Å². The summed E-state index contributed by atoms with van der Waals surface area (Å²) in [7, 11) is 0. The van der Waals surface area contributed by atoms with Gasteiger partial charge in [-0.25, -0.2) is 0 Å². The molecule has 0 saturated carbocycles. The Balaban J connectivity index is 3.23. The molecule has 0 aromatic heterocycles. The average Bonchev–Trinajstić information content (AvgIpc) is 2.36. The number of unbranched alkanes of at least 4 members (excludes halogenated alkanes) is 8. The molecule has 0 bridgehead atoms. The standard InChI is InChI=1S/C16H34O/c1-4-6-7-8-9-10-11-12-13-14-16(3,5-2)15-17/h17H,4-15H2,1-3H3. The molecule has 0 aromatic carbocycles. The average molecular weight is 242 g/mol. The van der Waals surface area contributed by atoms with Crippen LogP contribution in [0.3, 0.4) is 0 Å². The summed E-state index contributed by atoms with van der Waals surface area (Å²) in [5.74, 6) is 0. The Morgan fingerprint density at radius 2 is 1.24 bits per heavy atom. The van der Waals surface area contributed by atoms with Crippen molar-refractivity contribution in [3.63, 3.8) is 0 Å². The molecule has 0 radical (unpaired) electrons. The largest absolute Gasteiger partial charge is 0.396 e. The molecule has 1 unspecified atom stereocenters. The minimum atomic E-state index is 0.182. The topological polar surface area (TPSA) is 20.2 Å². The predicted octanol–water partition coefficient (Wildman–Crippen LogP) is 5.32. The van der Waals surface area contributed by atoms with Crippen molar-refractivity contribution in [3.8, 4) is 0 Å². The van der Waals surface area contributed by atoms with Crippen molar-refractivity contribution in [1.29, 1.82) is 0 Å². The summed E-state index contributed by atoms with van der Waals surface area (Å²) in [5, 5.41) is 9.31. The molecule has 0 fully saturated rings. The van der Waals surface area contributed by atoms with E-state index in [0.717, 1.165) is 6.42 Å². The summed E-state index contributed by atoms with van der Waals surface area (Å²) >= 11 is 0. The van der Waals surface area contributed by atoms with E-state index in [1.807, 2.05) is 0 Å². The first-order chi connectivity index (χ1) is 8.18. The van der Waals surface area contributed by atoms with Gasteiger partial charge in [-0.3, -0.25) is 0 Å². The molecule has 0 aliphatic rings. The third kappa shape index (κ3) is 9.64. The molecule has 0 amide bonds. The first-order valence-electron chi connectivity index (χ1n) is 7.79. The molecule has 1 N–H and O–H groups in total. The molecule has 0 spiro atoms. The van der Waals surface area contributed by atoms with Gasteiger partial charge >= 0.3 is 0 Å². The van der Waals surface area contributed by atoms with Gasteiger partial charge in [-0.1, -0.05) is 78.6 Å². The zero-order chi connectivity index (χ0) is 13.0. The van der Waals surface area contributed by atoms with Gasteiger partial charge in [-0.05, 0) is 18.3 Å². The molecule has 1 nitrogen and oxygen atoms in total. The second kappa shape index (κ2) is 11.1. The van der Waals surface area contributed by atoms with E-state index in [9.17, 15) is 5.11 Å². The molecule has 0 heterocycles. The van der Waals surface area contributed by atoms with E-state index < -0.39 is 0 Å². The third-order valence-corrected chi connectivity index (χ3v) is 4.12. The number of hydrogen-bond acceptors (Lipinski definition) is 1. The maximum Gasteiger partial charge on any atom is 0.0484 e. The quantitative estimate of drug-likeness (QED) is 0.459. The predicted molar refractivity (Wildman–Crippen MR) is 77.3 cm³/mol. The van der Waals surface area contributed by atoms with Gasteiger partial charge in [0.15, 0.2) is 0 Å². The number of aliphatic hydroxyl groups excluding tert-OH is 1. The SMILES string of the molecule is CCCCCCCCCCCC(C)(CC)CO. The van der Waals surface area contributed by atoms with Crippen molar-refractivity contribution in [2.75, 3.05) is 6.61 Å². The van der Waals surface area contributed by atoms with E-state index in [4.69, 9.17) is 0 Å². The second-order valence-electron chi connectivity index (χ2n) is 5.90. The van der Waals surface area contributed by atoms with E-state index in [2.05, 4.69) is 20.8 Å². The Morgan fingerprint density at radius 1 is 0.765 bits per heavy atom. The fraction of sp³-hybridized carbons (Fsp3) is 1.00. The van der Waals surface area contributed by atoms with E-state index >= 15 is 0 Å². The summed E-state index contributed by atoms with van der Waals surface area (Å²) < 4.78 is 0. The van der Waals surface area contributed by atoms with Crippen LogP contribution in [0.2, 0.25) is 0 Å². The minimum absolute atomic E-state index is 0.182. The maximum absolute atomic E-state index is 9.31. The van der Waals surface area contributed by atoms with E-state index in [1.165, 1.54) is 64.2 Å². The summed E-state index contributed by atoms with van der Waals surface area (Å²) in [4.78, 5) is 0. The van der Waals surface area contributed by atoms with E-state index in [1.54, 1.807) is 0 Å². The van der Waals surface area contributed by atoms with Gasteiger partial charge in [-0.15, -0.1) is 0 Å². The lowest BCUT2D eigenvalue weighted by molar-refractivity contribution is 0.125. The second-order valence-corrected chi connectivity index (χ2v) is 5.90. The first kappa shape index (κ1) is 17.0. The Kier molecular flexibility index (Phi) is 11.0. The molecular formula is C16H34O. The molecule has 0 aromatic rings. The van der Waals surface area contributed by atoms with Crippen LogP contribution in [0.25, 0.3) is 0 Å². The van der Waals surface area contributed by atoms with Gasteiger partial charge in [0.05, 0.1) is 0 Å². The van der Waals surface area contributed by atoms with Crippen LogP contribution in [-0.2, 0) is 0 Å². The third-order valence-electron chi connectivity index (χ3n) is 4.12. The van der Waals surface area contributed by atoms with Crippen molar-refractivity contribution in [1.82, 2.24) is 0 Å². The van der Waals surface area contributed by atoms with Crippen LogP contribution < -0.4 is 0 Å². The molecular weight excluding hydrogens is 208 g/mol. The first-order valence-corrected chi connectivity index (χ1v) is 7.79. The van der Waals surface area contributed by atoms with Crippen LogP contribution >= 0.6 is 0 Å². The van der Waals surface area contributed by atoms with Crippen LogP contribution in [0.5, 0.6) is 0 Å². The molecule has 1 heteroatoms. The maximum atomic E-state index is 9.31. The molecule has 0 aliphatic carbocycles. The highest BCUT2D eigenvalue weighted by Gasteiger charge is 2.19. The Bertz CT molecular complexity index is 150. The lowest BCUT2D eigenvalue weighted by atomic mass is 9.83. The van der Waals surface area contributed by atoms with Gasteiger partial charge in [0.1, 0.15) is 0 Å². The molecule has 0 rings (SSSR count). The zero-order valence-corrected chi connectivity index (χ0v) is 12.4. The minimum Gasteiger partial charge on any atom is -0.396 e. The monoisotopic (exact) mass is 242 g/mol. The lowest BCUT2D eigenvalue weighted by Crippen LogP contribution is -2.19. The zero-order valence-electron chi connectivity index (χ0n) is 12.4. The Labute approximate surface area is 109 Å². The van der Waals surface area contributed by atoms with Gasteiger partial charge in [0.25, 0.3) is 0 Å². The highest BCUT2D eigenvalue weighted by Crippen LogP contribution is 2.27. The van der Waals surface area contributed by atoms with Crippen LogP contribution in [0.4, 0.5) is 0 Å². The summed E-state index contributed by atoms with van der Waals surface area (Å²) in [6.07, 6.45) is 14.8. The van der Waals surface area contributed by atoms with Gasteiger partial charge in [0, 0.05) is 6.61 Å². The normalized spacial score (nSPS) is 14.8. The Morgan fingerprint density at radius 3 is 1.65 bits per heavy atom. The molecule has 17 heavy (non-hydrogen) atoms. The fourth-order valence-electron chi connectivity index (χ4n) is 2.23. The van der Waals surface area contributed by atoms with Crippen molar-refractivity contribution >= 4 is 0 Å². The van der Waals surface area contributed by atoms with E-state index in [0.29, 0.717) is 6.61 Å². The smallest absolute Gasteiger partial charge is 0.0484 e. The highest BCUT2D eigenvalue weighted by molar-refractivity contribution is 4.70. The van der Waals surface area contributed by atoms with E-state index in [-0.39, 0.29) is 5.41 Å². The van der Waals surface area contributed by atoms with Crippen molar-refractivity contribution < 1.29 is 5.11 Å². The van der Waals surface area contributed by atoms with Gasteiger partial charge in [-0.2, -0.15) is 0 Å².